The molecule has 19 heavy (non-hydrogen) atoms. The number of benzene rings is 1. The van der Waals surface area contributed by atoms with Gasteiger partial charge in [0, 0.05) is 12.4 Å². The molecule has 0 radical (unpaired) electrons. The zero-order valence-corrected chi connectivity index (χ0v) is 11.4. The number of H-pyrrole nitrogens is 1. The number of imidazole rings is 1. The highest BCUT2D eigenvalue weighted by Crippen LogP contribution is 2.17. The Morgan fingerprint density at radius 2 is 2.00 bits per heavy atom. The molecule has 1 aromatic carbocycles. The van der Waals surface area contributed by atoms with Crippen molar-refractivity contribution < 1.29 is 13.2 Å². The normalized spacial score (nSPS) is 13.2. The molecule has 7 heteroatoms. The Balaban J connectivity index is 2.17. The molecule has 6 nitrogen and oxygen atoms in total. The maximum absolute atomic E-state index is 12.1. The topological polar surface area (TPSA) is 84.1 Å². The summed E-state index contributed by atoms with van der Waals surface area (Å²) in [5.41, 5.74) is 0. The summed E-state index contributed by atoms with van der Waals surface area (Å²) < 4.78 is 31.8. The average molecular weight is 281 g/mol. The number of ether oxygens (including phenoxy) is 1. The monoisotopic (exact) mass is 281 g/mol. The molecule has 1 atom stereocenters. The van der Waals surface area contributed by atoms with E-state index < -0.39 is 16.1 Å². The molecule has 2 aromatic rings. The number of nitrogens with zero attached hydrogens (tertiary/aromatic N) is 1. The van der Waals surface area contributed by atoms with Crippen LogP contribution in [0.15, 0.2) is 41.6 Å². The van der Waals surface area contributed by atoms with Crippen LogP contribution in [0.5, 0.6) is 5.75 Å². The second-order valence-corrected chi connectivity index (χ2v) is 5.71. The quantitative estimate of drug-likeness (QED) is 0.869. The first-order chi connectivity index (χ1) is 9.03. The van der Waals surface area contributed by atoms with E-state index in [9.17, 15) is 8.42 Å². The average Bonchev–Trinajstić information content (AvgIpc) is 2.92. The third-order valence-corrected chi connectivity index (χ3v) is 4.19. The van der Waals surface area contributed by atoms with Crippen LogP contribution < -0.4 is 9.46 Å². The Hall–Kier alpha value is -1.86. The molecule has 0 saturated carbocycles. The lowest BCUT2D eigenvalue weighted by atomic mass is 10.3. The second kappa shape index (κ2) is 5.41. The summed E-state index contributed by atoms with van der Waals surface area (Å²) in [6.45, 7) is 1.72. The van der Waals surface area contributed by atoms with Crippen molar-refractivity contribution in [1.29, 1.82) is 0 Å². The lowest BCUT2D eigenvalue weighted by molar-refractivity contribution is 0.414. The summed E-state index contributed by atoms with van der Waals surface area (Å²) in [5.74, 6) is 1.18. The molecule has 0 spiro atoms. The van der Waals surface area contributed by atoms with E-state index in [1.165, 1.54) is 19.2 Å². The van der Waals surface area contributed by atoms with Gasteiger partial charge in [-0.2, -0.15) is 0 Å². The number of hydrogen-bond donors (Lipinski definition) is 2. The summed E-state index contributed by atoms with van der Waals surface area (Å²) in [5, 5.41) is 0. The van der Waals surface area contributed by atoms with Crippen LogP contribution in [0.4, 0.5) is 0 Å². The molecule has 0 aliphatic rings. The van der Waals surface area contributed by atoms with Gasteiger partial charge < -0.3 is 9.72 Å². The third-order valence-electron chi connectivity index (χ3n) is 2.63. The summed E-state index contributed by atoms with van der Waals surface area (Å²) in [4.78, 5) is 7.08. The Bertz CT molecular complexity index is 621. The number of aromatic nitrogens is 2. The van der Waals surface area contributed by atoms with Gasteiger partial charge in [0.05, 0.1) is 18.0 Å². The van der Waals surface area contributed by atoms with Crippen LogP contribution in [-0.4, -0.2) is 25.5 Å². The molecule has 0 aliphatic carbocycles. The van der Waals surface area contributed by atoms with Crippen molar-refractivity contribution in [3.8, 4) is 5.75 Å². The lowest BCUT2D eigenvalue weighted by Crippen LogP contribution is -2.27. The summed E-state index contributed by atoms with van der Waals surface area (Å²) in [7, 11) is -2.05. The van der Waals surface area contributed by atoms with Crippen molar-refractivity contribution in [1.82, 2.24) is 14.7 Å². The highest BCUT2D eigenvalue weighted by atomic mass is 32.2. The first kappa shape index (κ1) is 13.6. The fourth-order valence-corrected chi connectivity index (χ4v) is 2.83. The Morgan fingerprint density at radius 1 is 1.32 bits per heavy atom. The number of sulfonamides is 1. The molecule has 2 N–H and O–H groups in total. The van der Waals surface area contributed by atoms with Gasteiger partial charge in [-0.1, -0.05) is 0 Å². The zero-order valence-electron chi connectivity index (χ0n) is 10.6. The number of hydrogen-bond acceptors (Lipinski definition) is 4. The number of rotatable bonds is 5. The van der Waals surface area contributed by atoms with E-state index in [1.54, 1.807) is 31.5 Å². The predicted octanol–water partition coefficient (Wildman–Crippen LogP) is 1.46. The van der Waals surface area contributed by atoms with Gasteiger partial charge in [0.15, 0.2) is 0 Å². The number of methoxy groups -OCH3 is 1. The SMILES string of the molecule is COc1ccc(S(=O)(=O)NC(C)c2ncc[nH]2)cc1. The summed E-state index contributed by atoms with van der Waals surface area (Å²) in [6, 6.07) is 5.77. The van der Waals surface area contributed by atoms with E-state index >= 15 is 0 Å². The van der Waals surface area contributed by atoms with Gasteiger partial charge in [-0.15, -0.1) is 0 Å². The molecule has 2 rings (SSSR count). The molecule has 0 fully saturated rings. The first-order valence-electron chi connectivity index (χ1n) is 5.68. The van der Waals surface area contributed by atoms with E-state index in [-0.39, 0.29) is 4.90 Å². The van der Waals surface area contributed by atoms with Gasteiger partial charge >= 0.3 is 0 Å². The zero-order chi connectivity index (χ0) is 13.9. The van der Waals surface area contributed by atoms with Crippen molar-refractivity contribution >= 4 is 10.0 Å². The van der Waals surface area contributed by atoms with Crippen LogP contribution in [0, 0.1) is 0 Å². The van der Waals surface area contributed by atoms with E-state index in [0.29, 0.717) is 11.6 Å². The minimum Gasteiger partial charge on any atom is -0.497 e. The summed E-state index contributed by atoms with van der Waals surface area (Å²) in [6.07, 6.45) is 3.22. The number of nitrogens with one attached hydrogen (secondary N) is 2. The van der Waals surface area contributed by atoms with Gasteiger partial charge in [0.25, 0.3) is 0 Å². The van der Waals surface area contributed by atoms with Crippen molar-refractivity contribution in [3.63, 3.8) is 0 Å². The smallest absolute Gasteiger partial charge is 0.241 e. The molecule has 0 bridgehead atoms. The highest BCUT2D eigenvalue weighted by Gasteiger charge is 2.19. The van der Waals surface area contributed by atoms with Crippen molar-refractivity contribution in [2.24, 2.45) is 0 Å². The van der Waals surface area contributed by atoms with Crippen LogP contribution >= 0.6 is 0 Å². The minimum absolute atomic E-state index is 0.187. The van der Waals surface area contributed by atoms with Crippen LogP contribution in [0.3, 0.4) is 0 Å². The first-order valence-corrected chi connectivity index (χ1v) is 7.17. The molecule has 1 heterocycles. The third kappa shape index (κ3) is 3.12. The predicted molar refractivity (Wildman–Crippen MR) is 70.3 cm³/mol. The molecule has 0 amide bonds. The van der Waals surface area contributed by atoms with Crippen LogP contribution in [0.2, 0.25) is 0 Å². The van der Waals surface area contributed by atoms with E-state index in [0.717, 1.165) is 0 Å². The Labute approximate surface area is 111 Å². The molecule has 1 aromatic heterocycles. The van der Waals surface area contributed by atoms with Crippen molar-refractivity contribution in [2.45, 2.75) is 17.9 Å². The fraction of sp³-hybridized carbons (Fsp3) is 0.250. The van der Waals surface area contributed by atoms with Crippen LogP contribution in [-0.2, 0) is 10.0 Å². The highest BCUT2D eigenvalue weighted by molar-refractivity contribution is 7.89. The van der Waals surface area contributed by atoms with Gasteiger partial charge in [-0.05, 0) is 31.2 Å². The van der Waals surface area contributed by atoms with Crippen LogP contribution in [0.25, 0.3) is 0 Å². The van der Waals surface area contributed by atoms with Gasteiger partial charge in [0.2, 0.25) is 10.0 Å². The molecular weight excluding hydrogens is 266 g/mol. The minimum atomic E-state index is -3.58. The Morgan fingerprint density at radius 3 is 2.53 bits per heavy atom. The van der Waals surface area contributed by atoms with E-state index in [4.69, 9.17) is 4.74 Å². The maximum atomic E-state index is 12.1. The van der Waals surface area contributed by atoms with Gasteiger partial charge in [-0.25, -0.2) is 18.1 Å². The molecule has 0 aliphatic heterocycles. The molecule has 102 valence electrons. The summed E-state index contributed by atoms with van der Waals surface area (Å²) >= 11 is 0. The van der Waals surface area contributed by atoms with Crippen LogP contribution in [0.1, 0.15) is 18.8 Å². The van der Waals surface area contributed by atoms with Crippen molar-refractivity contribution in [2.75, 3.05) is 7.11 Å². The standard InChI is InChI=1S/C12H15N3O3S/c1-9(12-13-7-8-14-12)15-19(16,17)11-5-3-10(18-2)4-6-11/h3-9,15H,1-2H3,(H,13,14). The fourth-order valence-electron chi connectivity index (χ4n) is 1.63. The Kier molecular flexibility index (Phi) is 3.87. The second-order valence-electron chi connectivity index (χ2n) is 3.99. The molecule has 0 saturated heterocycles. The van der Waals surface area contributed by atoms with Crippen molar-refractivity contribution in [3.05, 3.63) is 42.5 Å². The van der Waals surface area contributed by atoms with E-state index in [1.807, 2.05) is 0 Å². The van der Waals surface area contributed by atoms with Gasteiger partial charge in [0.1, 0.15) is 11.6 Å². The molecule has 1 unspecified atom stereocenters. The lowest BCUT2D eigenvalue weighted by Gasteiger charge is -2.12. The van der Waals surface area contributed by atoms with Gasteiger partial charge in [-0.3, -0.25) is 0 Å². The molecular formula is C12H15N3O3S. The number of aromatic amines is 1. The van der Waals surface area contributed by atoms with E-state index in [2.05, 4.69) is 14.7 Å². The maximum Gasteiger partial charge on any atom is 0.241 e. The largest absolute Gasteiger partial charge is 0.497 e.